The van der Waals surface area contributed by atoms with Gasteiger partial charge in [0.2, 0.25) is 11.8 Å². The third kappa shape index (κ3) is 5.21. The van der Waals surface area contributed by atoms with E-state index < -0.39 is 23.9 Å². The number of benzene rings is 1. The Morgan fingerprint density at radius 3 is 2.62 bits per heavy atom. The Morgan fingerprint density at radius 1 is 1.19 bits per heavy atom. The number of fused-ring (bicyclic) bond motifs is 1. The number of para-hydroxylation sites is 1. The van der Waals surface area contributed by atoms with Crippen LogP contribution in [0.2, 0.25) is 0 Å². The van der Waals surface area contributed by atoms with Crippen LogP contribution in [0.1, 0.15) is 18.4 Å². The average Bonchev–Trinajstić information content (AvgIpc) is 3.00. The van der Waals surface area contributed by atoms with Gasteiger partial charge in [-0.25, -0.2) is 0 Å². The number of H-pyrrole nitrogens is 1. The molecule has 2 aromatic rings. The molecular weight excluding hydrogens is 334 g/mol. The van der Waals surface area contributed by atoms with Gasteiger partial charge in [-0.1, -0.05) is 18.2 Å². The van der Waals surface area contributed by atoms with Crippen LogP contribution < -0.4 is 28.3 Å². The number of nitrogens with zero attached hydrogens (tertiary/aromatic N) is 1. The molecule has 0 spiro atoms. The molecule has 0 saturated heterocycles. The summed E-state index contributed by atoms with van der Waals surface area (Å²) < 4.78 is 0. The number of hydrogen-bond acceptors (Lipinski definition) is 4. The summed E-state index contributed by atoms with van der Waals surface area (Å²) in [7, 11) is 0. The number of aromatic nitrogens is 1. The van der Waals surface area contributed by atoms with E-state index in [1.807, 2.05) is 30.5 Å². The van der Waals surface area contributed by atoms with Gasteiger partial charge in [0.1, 0.15) is 6.04 Å². The standard InChI is InChI=1S/C17H25N7O2/c18-12(5-3-7-22-17(20)21)16(26)24-14(15(19)25)8-10-9-23-13-6-2-1-4-11(10)13/h1-2,4,6,9,12,14,23H,3,5,7-8,18H2,(H2,19,25)(H,24,26)(H4,20,21,22)/t12-,14-/m1/s1. The van der Waals surface area contributed by atoms with Gasteiger partial charge in [-0.3, -0.25) is 14.6 Å². The Labute approximate surface area is 151 Å². The van der Waals surface area contributed by atoms with E-state index in [1.54, 1.807) is 0 Å². The van der Waals surface area contributed by atoms with Crippen molar-refractivity contribution in [3.05, 3.63) is 36.0 Å². The van der Waals surface area contributed by atoms with E-state index in [1.165, 1.54) is 0 Å². The molecule has 9 nitrogen and oxygen atoms in total. The third-order valence-corrected chi connectivity index (χ3v) is 4.06. The fraction of sp³-hybridized carbons (Fsp3) is 0.353. The monoisotopic (exact) mass is 359 g/mol. The third-order valence-electron chi connectivity index (χ3n) is 4.06. The fourth-order valence-electron chi connectivity index (χ4n) is 2.67. The number of amides is 2. The molecule has 0 fully saturated rings. The Balaban J connectivity index is 1.96. The van der Waals surface area contributed by atoms with Crippen molar-refractivity contribution in [1.82, 2.24) is 10.3 Å². The first-order valence-electron chi connectivity index (χ1n) is 8.34. The highest BCUT2D eigenvalue weighted by atomic mass is 16.2. The van der Waals surface area contributed by atoms with Crippen molar-refractivity contribution < 1.29 is 9.59 Å². The largest absolute Gasteiger partial charge is 0.370 e. The zero-order valence-electron chi connectivity index (χ0n) is 14.4. The van der Waals surface area contributed by atoms with E-state index in [-0.39, 0.29) is 12.4 Å². The first-order valence-corrected chi connectivity index (χ1v) is 8.34. The molecule has 1 heterocycles. The zero-order chi connectivity index (χ0) is 19.1. The number of nitrogens with one attached hydrogen (secondary N) is 2. The minimum atomic E-state index is -0.842. The van der Waals surface area contributed by atoms with Crippen molar-refractivity contribution in [3.8, 4) is 0 Å². The molecule has 0 saturated carbocycles. The zero-order valence-corrected chi connectivity index (χ0v) is 14.4. The predicted molar refractivity (Wildman–Crippen MR) is 101 cm³/mol. The quantitative estimate of drug-likeness (QED) is 0.192. The lowest BCUT2D eigenvalue weighted by Gasteiger charge is -2.18. The van der Waals surface area contributed by atoms with E-state index >= 15 is 0 Å². The van der Waals surface area contributed by atoms with Crippen molar-refractivity contribution in [2.24, 2.45) is 27.9 Å². The summed E-state index contributed by atoms with van der Waals surface area (Å²) in [6.45, 7) is 0.387. The van der Waals surface area contributed by atoms with Crippen LogP contribution in [0.3, 0.4) is 0 Å². The van der Waals surface area contributed by atoms with Crippen LogP contribution in [0.4, 0.5) is 0 Å². The Hall–Kier alpha value is -3.07. The van der Waals surface area contributed by atoms with Crippen LogP contribution in [0.15, 0.2) is 35.5 Å². The Morgan fingerprint density at radius 2 is 1.92 bits per heavy atom. The SMILES string of the molecule is NC(=O)[C@@H](Cc1c[nH]c2ccccc12)NC(=O)[C@H](N)CCCN=C(N)N. The first-order chi connectivity index (χ1) is 12.4. The van der Waals surface area contributed by atoms with E-state index in [4.69, 9.17) is 22.9 Å². The molecule has 0 aliphatic heterocycles. The van der Waals surface area contributed by atoms with Gasteiger partial charge in [0, 0.05) is 30.1 Å². The summed E-state index contributed by atoms with van der Waals surface area (Å²) in [5.74, 6) is -1.05. The molecule has 2 rings (SSSR count). The minimum absolute atomic E-state index is 0.00413. The van der Waals surface area contributed by atoms with Crippen molar-refractivity contribution in [2.75, 3.05) is 6.54 Å². The molecule has 10 N–H and O–H groups in total. The first kappa shape index (κ1) is 19.3. The van der Waals surface area contributed by atoms with Gasteiger partial charge in [0.05, 0.1) is 6.04 Å². The number of aromatic amines is 1. The maximum atomic E-state index is 12.2. The number of hydrogen-bond donors (Lipinski definition) is 6. The summed E-state index contributed by atoms with van der Waals surface area (Å²) in [6, 6.07) is 6.08. The van der Waals surface area contributed by atoms with Gasteiger partial charge in [0.15, 0.2) is 5.96 Å². The molecule has 1 aromatic carbocycles. The van der Waals surface area contributed by atoms with E-state index in [9.17, 15) is 9.59 Å². The normalized spacial score (nSPS) is 13.1. The molecule has 9 heteroatoms. The number of primary amides is 1. The van der Waals surface area contributed by atoms with Crippen LogP contribution in [0.5, 0.6) is 0 Å². The number of nitrogens with two attached hydrogens (primary N) is 4. The second-order valence-corrected chi connectivity index (χ2v) is 6.08. The maximum absolute atomic E-state index is 12.2. The molecule has 2 atom stereocenters. The molecule has 26 heavy (non-hydrogen) atoms. The lowest BCUT2D eigenvalue weighted by atomic mass is 10.0. The predicted octanol–water partition coefficient (Wildman–Crippen LogP) is -0.939. The van der Waals surface area contributed by atoms with Gasteiger partial charge >= 0.3 is 0 Å². The topological polar surface area (TPSA) is 178 Å². The number of guanidine groups is 1. The van der Waals surface area contributed by atoms with Crippen LogP contribution >= 0.6 is 0 Å². The van der Waals surface area contributed by atoms with Crippen LogP contribution in [0, 0.1) is 0 Å². The van der Waals surface area contributed by atoms with Crippen molar-refractivity contribution in [3.63, 3.8) is 0 Å². The number of carbonyl (C=O) groups is 2. The van der Waals surface area contributed by atoms with Gasteiger partial charge in [-0.15, -0.1) is 0 Å². The highest BCUT2D eigenvalue weighted by Crippen LogP contribution is 2.19. The highest BCUT2D eigenvalue weighted by molar-refractivity contribution is 5.90. The van der Waals surface area contributed by atoms with Crippen molar-refractivity contribution >= 4 is 28.7 Å². The van der Waals surface area contributed by atoms with Crippen molar-refractivity contribution in [1.29, 1.82) is 0 Å². The molecule has 0 aliphatic carbocycles. The molecule has 140 valence electrons. The minimum Gasteiger partial charge on any atom is -0.370 e. The molecule has 0 bridgehead atoms. The molecule has 0 radical (unpaired) electrons. The van der Waals surface area contributed by atoms with Crippen LogP contribution in [-0.2, 0) is 16.0 Å². The van der Waals surface area contributed by atoms with Crippen molar-refractivity contribution in [2.45, 2.75) is 31.3 Å². The average molecular weight is 359 g/mol. The smallest absolute Gasteiger partial charge is 0.240 e. The van der Waals surface area contributed by atoms with Crippen LogP contribution in [-0.4, -0.2) is 41.4 Å². The fourth-order valence-corrected chi connectivity index (χ4v) is 2.67. The van der Waals surface area contributed by atoms with E-state index in [0.717, 1.165) is 16.5 Å². The van der Waals surface area contributed by atoms with Gasteiger partial charge in [-0.2, -0.15) is 0 Å². The molecular formula is C17H25N7O2. The number of carbonyl (C=O) groups excluding carboxylic acids is 2. The Kier molecular flexibility index (Phi) is 6.56. The summed E-state index contributed by atoms with van der Waals surface area (Å²) in [5, 5.41) is 3.61. The molecule has 0 unspecified atom stereocenters. The second-order valence-electron chi connectivity index (χ2n) is 6.08. The number of rotatable bonds is 9. The summed E-state index contributed by atoms with van der Waals surface area (Å²) in [5.41, 5.74) is 23.6. The highest BCUT2D eigenvalue weighted by Gasteiger charge is 2.23. The van der Waals surface area contributed by atoms with Crippen LogP contribution in [0.25, 0.3) is 10.9 Å². The summed E-state index contributed by atoms with van der Waals surface area (Å²) in [6.07, 6.45) is 3.03. The van der Waals surface area contributed by atoms with Gasteiger partial charge < -0.3 is 33.2 Å². The molecule has 2 amide bonds. The molecule has 1 aromatic heterocycles. The van der Waals surface area contributed by atoms with Gasteiger partial charge in [0.25, 0.3) is 0 Å². The summed E-state index contributed by atoms with van der Waals surface area (Å²) >= 11 is 0. The maximum Gasteiger partial charge on any atom is 0.240 e. The second kappa shape index (κ2) is 8.86. The van der Waals surface area contributed by atoms with E-state index in [2.05, 4.69) is 15.3 Å². The lowest BCUT2D eigenvalue weighted by molar-refractivity contribution is -0.128. The lowest BCUT2D eigenvalue weighted by Crippen LogP contribution is -2.51. The molecule has 0 aliphatic rings. The summed E-state index contributed by atoms with van der Waals surface area (Å²) in [4.78, 5) is 31.0. The Bertz CT molecular complexity index is 795. The number of aliphatic imine (C=N–C) groups is 1. The van der Waals surface area contributed by atoms with Gasteiger partial charge in [-0.05, 0) is 24.5 Å². The van der Waals surface area contributed by atoms with E-state index in [0.29, 0.717) is 19.4 Å².